The van der Waals surface area contributed by atoms with E-state index in [1.165, 1.54) is 12.1 Å². The van der Waals surface area contributed by atoms with E-state index >= 15 is 0 Å². The number of hydrogen-bond acceptors (Lipinski definition) is 2. The second-order valence-electron chi connectivity index (χ2n) is 4.57. The Kier molecular flexibility index (Phi) is 5.82. The SMILES string of the molecule is CC(C)NCCNC(=O)Nc1cccc(C(F)(F)F)c1. The van der Waals surface area contributed by atoms with Gasteiger partial charge in [-0.3, -0.25) is 0 Å². The molecule has 2 amide bonds. The molecule has 0 atom stereocenters. The maximum atomic E-state index is 12.5. The maximum Gasteiger partial charge on any atom is 0.416 e. The second kappa shape index (κ2) is 7.14. The number of benzene rings is 1. The van der Waals surface area contributed by atoms with Gasteiger partial charge in [0.25, 0.3) is 0 Å². The minimum absolute atomic E-state index is 0.106. The van der Waals surface area contributed by atoms with E-state index in [-0.39, 0.29) is 5.69 Å². The molecule has 4 nitrogen and oxygen atoms in total. The highest BCUT2D eigenvalue weighted by molar-refractivity contribution is 5.89. The van der Waals surface area contributed by atoms with Crippen LogP contribution in [0.15, 0.2) is 24.3 Å². The van der Waals surface area contributed by atoms with Crippen molar-refractivity contribution in [1.82, 2.24) is 10.6 Å². The summed E-state index contributed by atoms with van der Waals surface area (Å²) in [4.78, 5) is 11.5. The quantitative estimate of drug-likeness (QED) is 0.730. The van der Waals surface area contributed by atoms with Gasteiger partial charge in [0.15, 0.2) is 0 Å². The minimum atomic E-state index is -4.42. The van der Waals surface area contributed by atoms with E-state index in [2.05, 4.69) is 16.0 Å². The third-order valence-corrected chi connectivity index (χ3v) is 2.41. The van der Waals surface area contributed by atoms with Crippen LogP contribution in [0.3, 0.4) is 0 Å². The summed E-state index contributed by atoms with van der Waals surface area (Å²) in [6.07, 6.45) is -4.42. The predicted molar refractivity (Wildman–Crippen MR) is 71.6 cm³/mol. The van der Waals surface area contributed by atoms with E-state index in [1.54, 1.807) is 0 Å². The van der Waals surface area contributed by atoms with Gasteiger partial charge in [0.05, 0.1) is 5.56 Å². The zero-order valence-corrected chi connectivity index (χ0v) is 11.3. The van der Waals surface area contributed by atoms with E-state index in [4.69, 9.17) is 0 Å². The molecule has 0 aliphatic heterocycles. The van der Waals surface area contributed by atoms with Crippen molar-refractivity contribution in [3.05, 3.63) is 29.8 Å². The fourth-order valence-electron chi connectivity index (χ4n) is 1.49. The van der Waals surface area contributed by atoms with Crippen LogP contribution in [0.1, 0.15) is 19.4 Å². The average Bonchev–Trinajstić information content (AvgIpc) is 2.34. The van der Waals surface area contributed by atoms with Gasteiger partial charge in [-0.15, -0.1) is 0 Å². The fraction of sp³-hybridized carbons (Fsp3) is 0.462. The molecular formula is C13H18F3N3O. The molecule has 0 aliphatic rings. The van der Waals surface area contributed by atoms with E-state index in [0.29, 0.717) is 19.1 Å². The standard InChI is InChI=1S/C13H18F3N3O/c1-9(2)17-6-7-18-12(20)19-11-5-3-4-10(8-11)13(14,15)16/h3-5,8-9,17H,6-7H2,1-2H3,(H2,18,19,20). The van der Waals surface area contributed by atoms with Gasteiger partial charge in [-0.25, -0.2) is 4.79 Å². The van der Waals surface area contributed by atoms with Crippen molar-refractivity contribution in [2.45, 2.75) is 26.1 Å². The second-order valence-corrected chi connectivity index (χ2v) is 4.57. The van der Waals surface area contributed by atoms with Gasteiger partial charge in [-0.1, -0.05) is 19.9 Å². The third kappa shape index (κ3) is 5.92. The smallest absolute Gasteiger partial charge is 0.337 e. The molecule has 0 saturated carbocycles. The molecule has 0 aliphatic carbocycles. The van der Waals surface area contributed by atoms with Crippen LogP contribution in [0.5, 0.6) is 0 Å². The first-order valence-corrected chi connectivity index (χ1v) is 6.24. The Hall–Kier alpha value is -1.76. The molecule has 0 aromatic heterocycles. The molecule has 1 aromatic rings. The average molecular weight is 289 g/mol. The lowest BCUT2D eigenvalue weighted by atomic mass is 10.2. The topological polar surface area (TPSA) is 53.2 Å². The van der Waals surface area contributed by atoms with E-state index in [1.807, 2.05) is 13.8 Å². The van der Waals surface area contributed by atoms with Crippen molar-refractivity contribution in [3.63, 3.8) is 0 Å². The highest BCUT2D eigenvalue weighted by Gasteiger charge is 2.30. The van der Waals surface area contributed by atoms with Crippen LogP contribution >= 0.6 is 0 Å². The number of amides is 2. The van der Waals surface area contributed by atoms with Gasteiger partial charge in [0.2, 0.25) is 0 Å². The summed E-state index contributed by atoms with van der Waals surface area (Å²) < 4.78 is 37.5. The van der Waals surface area contributed by atoms with Crippen molar-refractivity contribution in [2.75, 3.05) is 18.4 Å². The summed E-state index contributed by atoms with van der Waals surface area (Å²) in [7, 11) is 0. The Balaban J connectivity index is 2.46. The molecular weight excluding hydrogens is 271 g/mol. The van der Waals surface area contributed by atoms with Crippen LogP contribution in [-0.4, -0.2) is 25.2 Å². The van der Waals surface area contributed by atoms with Crippen molar-refractivity contribution in [2.24, 2.45) is 0 Å². The first-order valence-electron chi connectivity index (χ1n) is 6.24. The number of halogens is 3. The van der Waals surface area contributed by atoms with Crippen LogP contribution in [0, 0.1) is 0 Å². The Labute approximate surface area is 115 Å². The normalized spacial score (nSPS) is 11.5. The number of carbonyl (C=O) groups excluding carboxylic acids is 1. The molecule has 20 heavy (non-hydrogen) atoms. The number of urea groups is 1. The molecule has 0 radical (unpaired) electrons. The van der Waals surface area contributed by atoms with Crippen molar-refractivity contribution >= 4 is 11.7 Å². The number of nitrogens with one attached hydrogen (secondary N) is 3. The molecule has 7 heteroatoms. The molecule has 1 aromatic carbocycles. The van der Waals surface area contributed by atoms with Gasteiger partial charge in [-0.2, -0.15) is 13.2 Å². The largest absolute Gasteiger partial charge is 0.416 e. The summed E-state index contributed by atoms with van der Waals surface area (Å²) in [5, 5.41) is 8.02. The van der Waals surface area contributed by atoms with Crippen LogP contribution < -0.4 is 16.0 Å². The number of rotatable bonds is 5. The van der Waals surface area contributed by atoms with E-state index < -0.39 is 17.8 Å². The monoisotopic (exact) mass is 289 g/mol. The summed E-state index contributed by atoms with van der Waals surface area (Å²) in [5.41, 5.74) is -0.689. The zero-order valence-electron chi connectivity index (χ0n) is 11.3. The van der Waals surface area contributed by atoms with Crippen LogP contribution in [0.25, 0.3) is 0 Å². The molecule has 1 rings (SSSR count). The highest BCUT2D eigenvalue weighted by Crippen LogP contribution is 2.30. The highest BCUT2D eigenvalue weighted by atomic mass is 19.4. The van der Waals surface area contributed by atoms with Crippen LogP contribution in [-0.2, 0) is 6.18 Å². The van der Waals surface area contributed by atoms with Crippen LogP contribution in [0.4, 0.5) is 23.7 Å². The zero-order chi connectivity index (χ0) is 15.2. The third-order valence-electron chi connectivity index (χ3n) is 2.41. The van der Waals surface area contributed by atoms with E-state index in [9.17, 15) is 18.0 Å². The summed E-state index contributed by atoms with van der Waals surface area (Å²) >= 11 is 0. The first kappa shape index (κ1) is 16.3. The van der Waals surface area contributed by atoms with Gasteiger partial charge in [0, 0.05) is 24.8 Å². The minimum Gasteiger partial charge on any atom is -0.337 e. The van der Waals surface area contributed by atoms with Crippen LogP contribution in [0.2, 0.25) is 0 Å². The molecule has 0 unspecified atom stereocenters. The fourth-order valence-corrected chi connectivity index (χ4v) is 1.49. The number of carbonyl (C=O) groups is 1. The number of anilines is 1. The molecule has 0 heterocycles. The molecule has 0 saturated heterocycles. The lowest BCUT2D eigenvalue weighted by Gasteiger charge is -2.11. The summed E-state index contributed by atoms with van der Waals surface area (Å²) in [5.74, 6) is 0. The van der Waals surface area contributed by atoms with Crippen molar-refractivity contribution in [3.8, 4) is 0 Å². The Bertz CT molecular complexity index is 447. The van der Waals surface area contributed by atoms with E-state index in [0.717, 1.165) is 12.1 Å². The maximum absolute atomic E-state index is 12.5. The lowest BCUT2D eigenvalue weighted by Crippen LogP contribution is -2.36. The van der Waals surface area contributed by atoms with Crippen molar-refractivity contribution in [1.29, 1.82) is 0 Å². The lowest BCUT2D eigenvalue weighted by molar-refractivity contribution is -0.137. The molecule has 112 valence electrons. The first-order chi connectivity index (χ1) is 9.29. The Morgan fingerprint density at radius 3 is 2.55 bits per heavy atom. The molecule has 0 spiro atoms. The van der Waals surface area contributed by atoms with Gasteiger partial charge in [-0.05, 0) is 18.2 Å². The van der Waals surface area contributed by atoms with Gasteiger partial charge < -0.3 is 16.0 Å². The van der Waals surface area contributed by atoms with Crippen molar-refractivity contribution < 1.29 is 18.0 Å². The molecule has 0 fully saturated rings. The molecule has 0 bridgehead atoms. The Morgan fingerprint density at radius 2 is 1.95 bits per heavy atom. The summed E-state index contributed by atoms with van der Waals surface area (Å²) in [6, 6.07) is 4.28. The number of alkyl halides is 3. The predicted octanol–water partition coefficient (Wildman–Crippen LogP) is 2.82. The van der Waals surface area contributed by atoms with Gasteiger partial charge in [0.1, 0.15) is 0 Å². The number of hydrogen-bond donors (Lipinski definition) is 3. The summed E-state index contributed by atoms with van der Waals surface area (Å²) in [6.45, 7) is 4.93. The molecule has 3 N–H and O–H groups in total. The Morgan fingerprint density at radius 1 is 1.25 bits per heavy atom. The van der Waals surface area contributed by atoms with Gasteiger partial charge >= 0.3 is 12.2 Å².